The molecule has 0 fully saturated rings. The fourth-order valence-corrected chi connectivity index (χ4v) is 3.84. The van der Waals surface area contributed by atoms with Gasteiger partial charge < -0.3 is 10.4 Å². The van der Waals surface area contributed by atoms with Gasteiger partial charge in [0.25, 0.3) is 0 Å². The lowest BCUT2D eigenvalue weighted by Gasteiger charge is -2.24. The topological polar surface area (TPSA) is 49.3 Å². The molecule has 3 rings (SSSR count). The van der Waals surface area contributed by atoms with Crippen LogP contribution in [0.15, 0.2) is 59.5 Å². The number of fused-ring (bicyclic) bond motifs is 1. The van der Waals surface area contributed by atoms with Crippen molar-refractivity contribution in [3.8, 4) is 0 Å². The van der Waals surface area contributed by atoms with E-state index in [1.807, 2.05) is 54.6 Å². The second kappa shape index (κ2) is 7.20. The predicted molar refractivity (Wildman–Crippen MR) is 93.5 cm³/mol. The quantitative estimate of drug-likeness (QED) is 0.802. The van der Waals surface area contributed by atoms with Crippen molar-refractivity contribution in [3.63, 3.8) is 0 Å². The first-order chi connectivity index (χ1) is 11.2. The van der Waals surface area contributed by atoms with Crippen LogP contribution in [0.3, 0.4) is 0 Å². The normalized spacial score (nSPS) is 19.3. The summed E-state index contributed by atoms with van der Waals surface area (Å²) in [6, 6.07) is 18.0. The van der Waals surface area contributed by atoms with Crippen molar-refractivity contribution < 1.29 is 9.90 Å². The maximum atomic E-state index is 12.0. The van der Waals surface area contributed by atoms with Gasteiger partial charge in [0.2, 0.25) is 5.91 Å². The first-order valence-electron chi connectivity index (χ1n) is 7.93. The van der Waals surface area contributed by atoms with Crippen molar-refractivity contribution in [2.24, 2.45) is 0 Å². The summed E-state index contributed by atoms with van der Waals surface area (Å²) in [6.45, 7) is 0.291. The number of aryl methyl sites for hydroxylation is 1. The molecule has 3 nitrogen and oxygen atoms in total. The molecule has 0 spiro atoms. The summed E-state index contributed by atoms with van der Waals surface area (Å²) in [5.41, 5.74) is 1.22. The fourth-order valence-electron chi connectivity index (χ4n) is 2.96. The molecule has 2 N–H and O–H groups in total. The Labute approximate surface area is 141 Å². The zero-order valence-electron chi connectivity index (χ0n) is 13.0. The highest BCUT2D eigenvalue weighted by atomic mass is 32.2. The molecule has 0 aliphatic heterocycles. The van der Waals surface area contributed by atoms with Crippen LogP contribution in [-0.2, 0) is 16.8 Å². The molecule has 0 unspecified atom stereocenters. The molecule has 1 amide bonds. The molecule has 1 aliphatic carbocycles. The van der Waals surface area contributed by atoms with Crippen LogP contribution in [0.4, 0.5) is 0 Å². The molecule has 2 aromatic rings. The van der Waals surface area contributed by atoms with Gasteiger partial charge in [-0.15, -0.1) is 11.8 Å². The molecular weight excluding hydrogens is 306 g/mol. The molecule has 0 bridgehead atoms. The number of hydrogen-bond acceptors (Lipinski definition) is 3. The van der Waals surface area contributed by atoms with Crippen molar-refractivity contribution in [1.82, 2.24) is 5.32 Å². The second-order valence-corrected chi connectivity index (χ2v) is 7.05. The third-order valence-electron chi connectivity index (χ3n) is 4.25. The Bertz CT molecular complexity index is 674. The predicted octanol–water partition coefficient (Wildman–Crippen LogP) is 3.12. The van der Waals surface area contributed by atoms with E-state index in [0.717, 1.165) is 17.7 Å². The number of hydrogen-bond donors (Lipinski definition) is 2. The third kappa shape index (κ3) is 3.95. The largest absolute Gasteiger partial charge is 0.383 e. The Morgan fingerprint density at radius 3 is 2.70 bits per heavy atom. The average Bonchev–Trinajstić information content (AvgIpc) is 2.92. The van der Waals surface area contributed by atoms with Gasteiger partial charge in [-0.1, -0.05) is 42.5 Å². The Kier molecular flexibility index (Phi) is 5.03. The minimum Gasteiger partial charge on any atom is -0.383 e. The van der Waals surface area contributed by atoms with Crippen molar-refractivity contribution in [1.29, 1.82) is 0 Å². The van der Waals surface area contributed by atoms with Crippen LogP contribution in [0.25, 0.3) is 0 Å². The number of thioether (sulfide) groups is 1. The molecule has 0 aromatic heterocycles. The SMILES string of the molecule is O=C(CCSc1ccccc1)NC[C@@]1(O)CCc2ccccc21. The lowest BCUT2D eigenvalue weighted by atomic mass is 9.96. The van der Waals surface area contributed by atoms with E-state index < -0.39 is 5.60 Å². The number of benzene rings is 2. The molecule has 0 saturated carbocycles. The lowest BCUT2D eigenvalue weighted by Crippen LogP contribution is -2.39. The van der Waals surface area contributed by atoms with Crippen LogP contribution >= 0.6 is 11.8 Å². The monoisotopic (exact) mass is 327 g/mol. The Balaban J connectivity index is 1.46. The second-order valence-electron chi connectivity index (χ2n) is 5.88. The molecule has 0 radical (unpaired) electrons. The zero-order valence-corrected chi connectivity index (χ0v) is 13.8. The third-order valence-corrected chi connectivity index (χ3v) is 5.26. The van der Waals surface area contributed by atoms with E-state index in [-0.39, 0.29) is 5.91 Å². The molecule has 2 aromatic carbocycles. The Hall–Kier alpha value is -1.78. The average molecular weight is 327 g/mol. The highest BCUT2D eigenvalue weighted by molar-refractivity contribution is 7.99. The van der Waals surface area contributed by atoms with Crippen LogP contribution in [0.5, 0.6) is 0 Å². The van der Waals surface area contributed by atoms with Crippen LogP contribution in [0, 0.1) is 0 Å². The lowest BCUT2D eigenvalue weighted by molar-refractivity contribution is -0.122. The Morgan fingerprint density at radius 2 is 1.87 bits per heavy atom. The molecule has 0 saturated heterocycles. The highest BCUT2D eigenvalue weighted by Gasteiger charge is 2.36. The van der Waals surface area contributed by atoms with Crippen molar-refractivity contribution >= 4 is 17.7 Å². The van der Waals surface area contributed by atoms with Gasteiger partial charge in [-0.05, 0) is 36.1 Å². The molecule has 1 atom stereocenters. The summed E-state index contributed by atoms with van der Waals surface area (Å²) in [4.78, 5) is 13.2. The maximum absolute atomic E-state index is 12.0. The molecule has 120 valence electrons. The summed E-state index contributed by atoms with van der Waals surface area (Å²) in [6.07, 6.45) is 2.00. The molecule has 1 aliphatic rings. The van der Waals surface area contributed by atoms with Gasteiger partial charge in [0.15, 0.2) is 0 Å². The van der Waals surface area contributed by atoms with Crippen molar-refractivity contribution in [3.05, 3.63) is 65.7 Å². The number of amides is 1. The van der Waals surface area contributed by atoms with E-state index in [2.05, 4.69) is 5.32 Å². The number of aliphatic hydroxyl groups is 1. The first-order valence-corrected chi connectivity index (χ1v) is 8.91. The van der Waals surface area contributed by atoms with E-state index >= 15 is 0 Å². The van der Waals surface area contributed by atoms with Gasteiger partial charge in [0, 0.05) is 17.1 Å². The summed E-state index contributed by atoms with van der Waals surface area (Å²) >= 11 is 1.67. The van der Waals surface area contributed by atoms with Crippen LogP contribution in [0.2, 0.25) is 0 Å². The summed E-state index contributed by atoms with van der Waals surface area (Å²) < 4.78 is 0. The van der Waals surface area contributed by atoms with Gasteiger partial charge in [0.1, 0.15) is 5.60 Å². The molecule has 4 heteroatoms. The van der Waals surface area contributed by atoms with E-state index in [1.165, 1.54) is 10.5 Å². The van der Waals surface area contributed by atoms with Gasteiger partial charge in [-0.3, -0.25) is 4.79 Å². The van der Waals surface area contributed by atoms with E-state index in [9.17, 15) is 9.90 Å². The van der Waals surface area contributed by atoms with Crippen LogP contribution < -0.4 is 5.32 Å². The van der Waals surface area contributed by atoms with Crippen molar-refractivity contribution in [2.45, 2.75) is 29.8 Å². The minimum atomic E-state index is -0.918. The van der Waals surface area contributed by atoms with Crippen LogP contribution in [-0.4, -0.2) is 23.3 Å². The summed E-state index contributed by atoms with van der Waals surface area (Å²) in [7, 11) is 0. The minimum absolute atomic E-state index is 0.00811. The van der Waals surface area contributed by atoms with E-state index in [1.54, 1.807) is 11.8 Å². The molecular formula is C19H21NO2S. The van der Waals surface area contributed by atoms with Crippen LogP contribution in [0.1, 0.15) is 24.0 Å². The van der Waals surface area contributed by atoms with E-state index in [4.69, 9.17) is 0 Å². The highest BCUT2D eigenvalue weighted by Crippen LogP contribution is 2.36. The summed E-state index contributed by atoms with van der Waals surface area (Å²) in [5, 5.41) is 13.7. The standard InChI is InChI=1S/C19H21NO2S/c21-18(11-13-23-16-7-2-1-3-8-16)20-14-19(22)12-10-15-6-4-5-9-17(15)19/h1-9,22H,10-14H2,(H,20,21)/t19-/m0/s1. The Morgan fingerprint density at radius 1 is 1.13 bits per heavy atom. The zero-order chi connectivity index (χ0) is 16.1. The molecule has 23 heavy (non-hydrogen) atoms. The molecule has 0 heterocycles. The van der Waals surface area contributed by atoms with E-state index in [0.29, 0.717) is 19.4 Å². The smallest absolute Gasteiger partial charge is 0.220 e. The van der Waals surface area contributed by atoms with Gasteiger partial charge in [-0.25, -0.2) is 0 Å². The maximum Gasteiger partial charge on any atom is 0.220 e. The number of carbonyl (C=O) groups excluding carboxylic acids is 1. The van der Waals surface area contributed by atoms with Gasteiger partial charge >= 0.3 is 0 Å². The first kappa shape index (κ1) is 16.1. The summed E-state index contributed by atoms with van der Waals surface area (Å²) in [5.74, 6) is 0.733. The number of rotatable bonds is 6. The van der Waals surface area contributed by atoms with Gasteiger partial charge in [0.05, 0.1) is 6.54 Å². The number of nitrogens with one attached hydrogen (secondary N) is 1. The van der Waals surface area contributed by atoms with Crippen molar-refractivity contribution in [2.75, 3.05) is 12.3 Å². The number of carbonyl (C=O) groups is 1. The van der Waals surface area contributed by atoms with Gasteiger partial charge in [-0.2, -0.15) is 0 Å². The fraction of sp³-hybridized carbons (Fsp3) is 0.316.